The Morgan fingerprint density at radius 2 is 1.94 bits per heavy atom. The quantitative estimate of drug-likeness (QED) is 0.400. The van der Waals surface area contributed by atoms with Crippen LogP contribution in [0.25, 0.3) is 6.08 Å². The SMILES string of the molecule is O=C(C=Cc1ccc(Sc2ccc3c(c2)OCCO3)c(Cl)c1Cl)NCCCN1CCCC1=O. The van der Waals surface area contributed by atoms with E-state index in [-0.39, 0.29) is 11.8 Å². The van der Waals surface area contributed by atoms with Gasteiger partial charge in [0.05, 0.1) is 10.0 Å². The van der Waals surface area contributed by atoms with Gasteiger partial charge in [0.2, 0.25) is 11.8 Å². The highest BCUT2D eigenvalue weighted by atomic mass is 35.5. The summed E-state index contributed by atoms with van der Waals surface area (Å²) >= 11 is 14.4. The van der Waals surface area contributed by atoms with Crippen LogP contribution in [0.2, 0.25) is 10.0 Å². The zero-order chi connectivity index (χ0) is 23.2. The lowest BCUT2D eigenvalue weighted by molar-refractivity contribution is -0.127. The number of rotatable bonds is 8. The molecule has 174 valence electrons. The molecule has 0 aromatic heterocycles. The second-order valence-electron chi connectivity index (χ2n) is 7.65. The molecule has 1 fully saturated rings. The first-order valence-corrected chi connectivity index (χ1v) is 12.4. The number of halogens is 2. The van der Waals surface area contributed by atoms with E-state index in [9.17, 15) is 9.59 Å². The van der Waals surface area contributed by atoms with Crippen LogP contribution in [0.5, 0.6) is 11.5 Å². The molecule has 0 radical (unpaired) electrons. The van der Waals surface area contributed by atoms with Crippen LogP contribution in [0, 0.1) is 0 Å². The summed E-state index contributed by atoms with van der Waals surface area (Å²) < 4.78 is 11.2. The predicted molar refractivity (Wildman–Crippen MR) is 130 cm³/mol. The first-order valence-electron chi connectivity index (χ1n) is 10.8. The number of hydrogen-bond donors (Lipinski definition) is 1. The first-order chi connectivity index (χ1) is 16.0. The maximum absolute atomic E-state index is 12.1. The third-order valence-corrected chi connectivity index (χ3v) is 7.37. The van der Waals surface area contributed by atoms with Crippen molar-refractivity contribution in [3.8, 4) is 11.5 Å². The minimum atomic E-state index is -0.218. The van der Waals surface area contributed by atoms with E-state index in [0.29, 0.717) is 54.1 Å². The van der Waals surface area contributed by atoms with E-state index in [4.69, 9.17) is 32.7 Å². The topological polar surface area (TPSA) is 67.9 Å². The van der Waals surface area contributed by atoms with Gasteiger partial charge in [0.1, 0.15) is 13.2 Å². The van der Waals surface area contributed by atoms with Gasteiger partial charge in [-0.25, -0.2) is 0 Å². The van der Waals surface area contributed by atoms with Gasteiger partial charge in [-0.15, -0.1) is 0 Å². The van der Waals surface area contributed by atoms with Crippen molar-refractivity contribution in [3.05, 3.63) is 52.0 Å². The summed E-state index contributed by atoms with van der Waals surface area (Å²) in [6.07, 6.45) is 5.36. The maximum Gasteiger partial charge on any atom is 0.244 e. The van der Waals surface area contributed by atoms with Crippen molar-refractivity contribution < 1.29 is 19.1 Å². The van der Waals surface area contributed by atoms with Gasteiger partial charge in [-0.05, 0) is 48.7 Å². The lowest BCUT2D eigenvalue weighted by Gasteiger charge is -2.18. The third kappa shape index (κ3) is 6.16. The van der Waals surface area contributed by atoms with Crippen LogP contribution >= 0.6 is 35.0 Å². The van der Waals surface area contributed by atoms with Gasteiger partial charge in [-0.3, -0.25) is 9.59 Å². The molecule has 0 aliphatic carbocycles. The molecule has 0 unspecified atom stereocenters. The molecule has 6 nitrogen and oxygen atoms in total. The third-order valence-electron chi connectivity index (χ3n) is 5.31. The number of hydrogen-bond acceptors (Lipinski definition) is 5. The molecule has 1 N–H and O–H groups in total. The van der Waals surface area contributed by atoms with E-state index in [0.717, 1.165) is 34.9 Å². The van der Waals surface area contributed by atoms with Gasteiger partial charge >= 0.3 is 0 Å². The average Bonchev–Trinajstić information content (AvgIpc) is 3.23. The molecular weight excluding hydrogens is 483 g/mol. The molecule has 2 aliphatic heterocycles. The van der Waals surface area contributed by atoms with Gasteiger partial charge in [-0.1, -0.05) is 41.0 Å². The summed E-state index contributed by atoms with van der Waals surface area (Å²) in [6.45, 7) is 3.07. The molecule has 4 rings (SSSR count). The Morgan fingerprint density at radius 1 is 1.12 bits per heavy atom. The number of amides is 2. The van der Waals surface area contributed by atoms with E-state index in [2.05, 4.69) is 5.32 Å². The average molecular weight is 507 g/mol. The summed E-state index contributed by atoms with van der Waals surface area (Å²) in [5.74, 6) is 1.43. The summed E-state index contributed by atoms with van der Waals surface area (Å²) in [7, 11) is 0. The fourth-order valence-corrected chi connectivity index (χ4v) is 5.07. The Balaban J connectivity index is 1.31. The van der Waals surface area contributed by atoms with Crippen LogP contribution < -0.4 is 14.8 Å². The monoisotopic (exact) mass is 506 g/mol. The highest BCUT2D eigenvalue weighted by Gasteiger charge is 2.19. The van der Waals surface area contributed by atoms with E-state index in [1.807, 2.05) is 35.2 Å². The molecule has 2 aromatic rings. The normalized spacial score (nSPS) is 15.3. The van der Waals surface area contributed by atoms with Crippen molar-refractivity contribution in [2.75, 3.05) is 32.8 Å². The lowest BCUT2D eigenvalue weighted by atomic mass is 10.2. The second kappa shape index (κ2) is 11.2. The van der Waals surface area contributed by atoms with E-state index in [1.165, 1.54) is 17.8 Å². The van der Waals surface area contributed by atoms with Crippen molar-refractivity contribution in [2.24, 2.45) is 0 Å². The summed E-state index contributed by atoms with van der Waals surface area (Å²) in [4.78, 5) is 27.3. The fourth-order valence-electron chi connectivity index (χ4n) is 3.61. The van der Waals surface area contributed by atoms with Crippen LogP contribution in [0.4, 0.5) is 0 Å². The van der Waals surface area contributed by atoms with Crippen LogP contribution in [0.15, 0.2) is 46.2 Å². The maximum atomic E-state index is 12.1. The Kier molecular flexibility index (Phi) is 8.06. The van der Waals surface area contributed by atoms with E-state index in [1.54, 1.807) is 6.08 Å². The molecule has 0 bridgehead atoms. The molecule has 9 heteroatoms. The molecule has 2 heterocycles. The van der Waals surface area contributed by atoms with Crippen LogP contribution in [0.3, 0.4) is 0 Å². The number of likely N-dealkylation sites (tertiary alicyclic amines) is 1. The van der Waals surface area contributed by atoms with Gasteiger partial charge in [0.25, 0.3) is 0 Å². The molecule has 2 aliphatic rings. The number of ether oxygens (including phenoxy) is 2. The Hall–Kier alpha value is -2.35. The first kappa shape index (κ1) is 23.8. The highest BCUT2D eigenvalue weighted by Crippen LogP contribution is 2.42. The second-order valence-corrected chi connectivity index (χ2v) is 9.52. The van der Waals surface area contributed by atoms with Gasteiger partial charge < -0.3 is 19.7 Å². The molecule has 1 saturated heterocycles. The summed E-state index contributed by atoms with van der Waals surface area (Å²) in [5, 5.41) is 3.64. The molecule has 2 amide bonds. The van der Waals surface area contributed by atoms with E-state index < -0.39 is 0 Å². The number of nitrogens with one attached hydrogen (secondary N) is 1. The lowest BCUT2D eigenvalue weighted by Crippen LogP contribution is -2.29. The van der Waals surface area contributed by atoms with Crippen LogP contribution in [-0.4, -0.2) is 49.6 Å². The highest BCUT2D eigenvalue weighted by molar-refractivity contribution is 7.99. The zero-order valence-electron chi connectivity index (χ0n) is 17.9. The van der Waals surface area contributed by atoms with Gasteiger partial charge in [0, 0.05) is 41.9 Å². The number of benzene rings is 2. The van der Waals surface area contributed by atoms with Crippen molar-refractivity contribution in [3.63, 3.8) is 0 Å². The number of fused-ring (bicyclic) bond motifs is 1. The molecule has 33 heavy (non-hydrogen) atoms. The van der Waals surface area contributed by atoms with E-state index >= 15 is 0 Å². The fraction of sp³-hybridized carbons (Fsp3) is 0.333. The number of carbonyl (C=O) groups excluding carboxylic acids is 2. The Labute approximate surface area is 207 Å². The standard InChI is InChI=1S/C24H24Cl2N2O4S/c25-23-16(5-9-21(29)27-10-2-12-28-11-1-3-22(28)30)4-8-20(24(23)26)33-17-6-7-18-19(15-17)32-14-13-31-18/h4-9,15H,1-3,10-14H2,(H,27,29). The van der Waals surface area contributed by atoms with Crippen molar-refractivity contribution >= 4 is 52.9 Å². The Morgan fingerprint density at radius 3 is 2.73 bits per heavy atom. The number of carbonyl (C=O) groups is 2. The smallest absolute Gasteiger partial charge is 0.244 e. The molecule has 0 saturated carbocycles. The molecular formula is C24H24Cl2N2O4S. The molecule has 2 aromatic carbocycles. The molecule has 0 spiro atoms. The van der Waals surface area contributed by atoms with Crippen molar-refractivity contribution in [1.29, 1.82) is 0 Å². The van der Waals surface area contributed by atoms with Gasteiger partial charge in [-0.2, -0.15) is 0 Å². The minimum absolute atomic E-state index is 0.198. The predicted octanol–water partition coefficient (Wildman–Crippen LogP) is 5.06. The van der Waals surface area contributed by atoms with Crippen molar-refractivity contribution in [2.45, 2.75) is 29.1 Å². The van der Waals surface area contributed by atoms with Gasteiger partial charge in [0.15, 0.2) is 11.5 Å². The summed E-state index contributed by atoms with van der Waals surface area (Å²) in [6, 6.07) is 9.45. The van der Waals surface area contributed by atoms with Crippen LogP contribution in [0.1, 0.15) is 24.8 Å². The molecule has 0 atom stereocenters. The summed E-state index contributed by atoms with van der Waals surface area (Å²) in [5.41, 5.74) is 0.658. The van der Waals surface area contributed by atoms with Crippen LogP contribution in [-0.2, 0) is 9.59 Å². The zero-order valence-corrected chi connectivity index (χ0v) is 20.3. The largest absolute Gasteiger partial charge is 0.486 e. The Bertz CT molecular complexity index is 1080. The minimum Gasteiger partial charge on any atom is -0.486 e. The van der Waals surface area contributed by atoms with Crippen molar-refractivity contribution in [1.82, 2.24) is 10.2 Å². The number of nitrogens with zero attached hydrogens (tertiary/aromatic N) is 1.